The molecule has 3 N–H and O–H groups in total. The van der Waals surface area contributed by atoms with E-state index in [4.69, 9.17) is 10.5 Å². The molecule has 4 nitrogen and oxygen atoms in total. The van der Waals surface area contributed by atoms with Crippen molar-refractivity contribution in [3.63, 3.8) is 0 Å². The molecule has 1 amide bonds. The van der Waals surface area contributed by atoms with Crippen LogP contribution in [-0.2, 0) is 16.0 Å². The summed E-state index contributed by atoms with van der Waals surface area (Å²) < 4.78 is 18.3. The van der Waals surface area contributed by atoms with Gasteiger partial charge in [-0.1, -0.05) is 18.2 Å². The maximum absolute atomic E-state index is 13.3. The zero-order chi connectivity index (χ0) is 13.4. The number of methoxy groups -OCH3 is 1. The zero-order valence-electron chi connectivity index (χ0n) is 10.5. The van der Waals surface area contributed by atoms with Crippen molar-refractivity contribution in [1.82, 2.24) is 5.32 Å². The lowest BCUT2D eigenvalue weighted by Gasteiger charge is -2.12. The Morgan fingerprint density at radius 3 is 2.83 bits per heavy atom. The van der Waals surface area contributed by atoms with E-state index in [9.17, 15) is 9.18 Å². The molecule has 0 bridgehead atoms. The number of amides is 1. The molecule has 1 aromatic rings. The van der Waals surface area contributed by atoms with E-state index in [1.165, 1.54) is 13.2 Å². The highest BCUT2D eigenvalue weighted by Crippen LogP contribution is 2.06. The minimum absolute atomic E-state index is 0.136. The summed E-state index contributed by atoms with van der Waals surface area (Å²) in [6.45, 7) is 0.706. The topological polar surface area (TPSA) is 64.3 Å². The van der Waals surface area contributed by atoms with Gasteiger partial charge in [0.25, 0.3) is 0 Å². The highest BCUT2D eigenvalue weighted by atomic mass is 19.1. The molecule has 1 rings (SSSR count). The molecular weight excluding hydrogens is 235 g/mol. The van der Waals surface area contributed by atoms with Gasteiger partial charge in [0.1, 0.15) is 5.82 Å². The van der Waals surface area contributed by atoms with Crippen LogP contribution in [0.25, 0.3) is 0 Å². The summed E-state index contributed by atoms with van der Waals surface area (Å²) in [6, 6.07) is 6.53. The molecule has 5 heteroatoms. The van der Waals surface area contributed by atoms with Gasteiger partial charge in [-0.3, -0.25) is 4.79 Å². The molecule has 0 fully saturated rings. The summed E-state index contributed by atoms with van der Waals surface area (Å²) in [7, 11) is 1.52. The lowest BCUT2D eigenvalue weighted by atomic mass is 10.1. The van der Waals surface area contributed by atoms with E-state index < -0.39 is 0 Å². The summed E-state index contributed by atoms with van der Waals surface area (Å²) in [5, 5.41) is 2.72. The van der Waals surface area contributed by atoms with Crippen LogP contribution in [0.3, 0.4) is 0 Å². The number of rotatable bonds is 7. The smallest absolute Gasteiger partial charge is 0.222 e. The number of nitrogens with two attached hydrogens (primary N) is 1. The highest BCUT2D eigenvalue weighted by Gasteiger charge is 2.10. The molecule has 0 spiro atoms. The molecule has 100 valence electrons. The third kappa shape index (κ3) is 4.81. The number of carbonyl (C=O) groups is 1. The predicted molar refractivity (Wildman–Crippen MR) is 67.6 cm³/mol. The zero-order valence-corrected chi connectivity index (χ0v) is 10.5. The Hall–Kier alpha value is -1.46. The van der Waals surface area contributed by atoms with Crippen LogP contribution in [0.2, 0.25) is 0 Å². The van der Waals surface area contributed by atoms with Gasteiger partial charge in [0, 0.05) is 20.2 Å². The average Bonchev–Trinajstić information content (AvgIpc) is 2.38. The summed E-state index contributed by atoms with van der Waals surface area (Å²) >= 11 is 0. The van der Waals surface area contributed by atoms with Crippen LogP contribution >= 0.6 is 0 Å². The normalized spacial score (nSPS) is 12.2. The van der Waals surface area contributed by atoms with E-state index in [0.29, 0.717) is 25.1 Å². The van der Waals surface area contributed by atoms with Crippen LogP contribution in [0.4, 0.5) is 4.39 Å². The lowest BCUT2D eigenvalue weighted by Crippen LogP contribution is -2.33. The minimum Gasteiger partial charge on any atom is -0.380 e. The van der Waals surface area contributed by atoms with Crippen molar-refractivity contribution in [3.8, 4) is 0 Å². The standard InChI is InChI=1S/C13H19FN2O2/c1-18-11(9-15)8-13(17)16-7-6-10-4-2-3-5-12(10)14/h2-5,11H,6-9,15H2,1H3,(H,16,17). The largest absolute Gasteiger partial charge is 0.380 e. The second-order valence-corrected chi connectivity index (χ2v) is 3.99. The molecular formula is C13H19FN2O2. The molecule has 0 saturated carbocycles. The van der Waals surface area contributed by atoms with Crippen LogP contribution < -0.4 is 11.1 Å². The fourth-order valence-corrected chi connectivity index (χ4v) is 1.58. The second-order valence-electron chi connectivity index (χ2n) is 3.99. The Labute approximate surface area is 106 Å². The average molecular weight is 254 g/mol. The van der Waals surface area contributed by atoms with E-state index in [1.54, 1.807) is 18.2 Å². The van der Waals surface area contributed by atoms with Gasteiger partial charge >= 0.3 is 0 Å². The van der Waals surface area contributed by atoms with Crippen molar-refractivity contribution < 1.29 is 13.9 Å². The van der Waals surface area contributed by atoms with Crippen LogP contribution in [0.5, 0.6) is 0 Å². The van der Waals surface area contributed by atoms with E-state index in [2.05, 4.69) is 5.32 Å². The fourth-order valence-electron chi connectivity index (χ4n) is 1.58. The number of benzene rings is 1. The molecule has 1 unspecified atom stereocenters. The Bertz CT molecular complexity index is 381. The number of nitrogens with one attached hydrogen (secondary N) is 1. The van der Waals surface area contributed by atoms with E-state index in [0.717, 1.165) is 0 Å². The molecule has 0 radical (unpaired) electrons. The molecule has 1 atom stereocenters. The molecule has 0 aromatic heterocycles. The molecule has 0 heterocycles. The summed E-state index contributed by atoms with van der Waals surface area (Å²) in [5.74, 6) is -0.382. The van der Waals surface area contributed by atoms with Crippen molar-refractivity contribution in [3.05, 3.63) is 35.6 Å². The number of hydrogen-bond acceptors (Lipinski definition) is 3. The van der Waals surface area contributed by atoms with Gasteiger partial charge in [-0.05, 0) is 18.1 Å². The Balaban J connectivity index is 2.29. The number of ether oxygens (including phenoxy) is 1. The van der Waals surface area contributed by atoms with E-state index >= 15 is 0 Å². The van der Waals surface area contributed by atoms with Gasteiger partial charge in [0.2, 0.25) is 5.91 Å². The SMILES string of the molecule is COC(CN)CC(=O)NCCc1ccccc1F. The lowest BCUT2D eigenvalue weighted by molar-refractivity contribution is -0.123. The van der Waals surface area contributed by atoms with Crippen molar-refractivity contribution in [2.45, 2.75) is 18.9 Å². The summed E-state index contributed by atoms with van der Waals surface area (Å²) in [4.78, 5) is 11.5. The van der Waals surface area contributed by atoms with Crippen LogP contribution in [-0.4, -0.2) is 32.2 Å². The molecule has 0 aliphatic carbocycles. The third-order valence-corrected chi connectivity index (χ3v) is 2.68. The first kappa shape index (κ1) is 14.6. The second kappa shape index (κ2) is 7.79. The number of hydrogen-bond donors (Lipinski definition) is 2. The minimum atomic E-state index is -0.265. The van der Waals surface area contributed by atoms with Crippen LogP contribution in [0, 0.1) is 5.82 Å². The third-order valence-electron chi connectivity index (χ3n) is 2.68. The fraction of sp³-hybridized carbons (Fsp3) is 0.462. The molecule has 0 aliphatic heterocycles. The van der Waals surface area contributed by atoms with Gasteiger partial charge in [0.15, 0.2) is 0 Å². The first-order valence-corrected chi connectivity index (χ1v) is 5.90. The van der Waals surface area contributed by atoms with E-state index in [1.807, 2.05) is 0 Å². The Kier molecular flexibility index (Phi) is 6.32. The maximum atomic E-state index is 13.3. The van der Waals surface area contributed by atoms with Gasteiger partial charge in [-0.15, -0.1) is 0 Å². The molecule has 0 aliphatic rings. The Morgan fingerprint density at radius 2 is 2.22 bits per heavy atom. The molecule has 18 heavy (non-hydrogen) atoms. The monoisotopic (exact) mass is 254 g/mol. The first-order chi connectivity index (χ1) is 8.67. The van der Waals surface area contributed by atoms with Crippen molar-refractivity contribution in [2.75, 3.05) is 20.2 Å². The maximum Gasteiger partial charge on any atom is 0.222 e. The van der Waals surface area contributed by atoms with Gasteiger partial charge in [0.05, 0.1) is 12.5 Å². The van der Waals surface area contributed by atoms with Crippen molar-refractivity contribution in [1.29, 1.82) is 0 Å². The highest BCUT2D eigenvalue weighted by molar-refractivity contribution is 5.76. The van der Waals surface area contributed by atoms with Gasteiger partial charge in [-0.2, -0.15) is 0 Å². The Morgan fingerprint density at radius 1 is 1.50 bits per heavy atom. The van der Waals surface area contributed by atoms with Crippen LogP contribution in [0.1, 0.15) is 12.0 Å². The number of halogens is 1. The quantitative estimate of drug-likeness (QED) is 0.758. The van der Waals surface area contributed by atoms with E-state index in [-0.39, 0.29) is 24.2 Å². The van der Waals surface area contributed by atoms with Crippen LogP contribution in [0.15, 0.2) is 24.3 Å². The predicted octanol–water partition coefficient (Wildman–Crippen LogP) is 0.848. The van der Waals surface area contributed by atoms with Crippen molar-refractivity contribution >= 4 is 5.91 Å². The van der Waals surface area contributed by atoms with Gasteiger partial charge in [-0.25, -0.2) is 4.39 Å². The number of carbonyl (C=O) groups excluding carboxylic acids is 1. The van der Waals surface area contributed by atoms with Crippen molar-refractivity contribution in [2.24, 2.45) is 5.73 Å². The van der Waals surface area contributed by atoms with Gasteiger partial charge < -0.3 is 15.8 Å². The first-order valence-electron chi connectivity index (χ1n) is 5.90. The summed E-state index contributed by atoms with van der Waals surface area (Å²) in [5.41, 5.74) is 6.01. The summed E-state index contributed by atoms with van der Waals surface area (Å²) in [6.07, 6.45) is 0.432. The molecule has 1 aromatic carbocycles. The molecule has 0 saturated heterocycles.